The molecule has 84 valence electrons. The van der Waals surface area contributed by atoms with E-state index in [1.807, 2.05) is 12.3 Å². The number of ether oxygens (including phenoxy) is 1. The number of nitrogens with zero attached hydrogens (tertiary/aromatic N) is 1. The Morgan fingerprint density at radius 3 is 2.93 bits per heavy atom. The number of pyridine rings is 1. The van der Waals surface area contributed by atoms with Crippen LogP contribution in [0.15, 0.2) is 24.5 Å². The molecule has 0 fully saturated rings. The monoisotopic (exact) mass is 208 g/mol. The minimum absolute atomic E-state index is 0.259. The molecule has 0 saturated carbocycles. The fourth-order valence-corrected chi connectivity index (χ4v) is 1.45. The van der Waals surface area contributed by atoms with Gasteiger partial charge in [0.05, 0.1) is 12.6 Å². The number of rotatable bonds is 7. The lowest BCUT2D eigenvalue weighted by atomic mass is 10.1. The van der Waals surface area contributed by atoms with Gasteiger partial charge in [-0.2, -0.15) is 0 Å². The molecular formula is C12H20N2O. The second-order valence-electron chi connectivity index (χ2n) is 3.47. The van der Waals surface area contributed by atoms with Gasteiger partial charge in [0.25, 0.3) is 0 Å². The highest BCUT2D eigenvalue weighted by molar-refractivity contribution is 5.13. The zero-order valence-corrected chi connectivity index (χ0v) is 9.57. The molecule has 0 aliphatic heterocycles. The highest BCUT2D eigenvalue weighted by Gasteiger charge is 2.09. The van der Waals surface area contributed by atoms with Crippen LogP contribution in [-0.4, -0.2) is 24.7 Å². The van der Waals surface area contributed by atoms with Gasteiger partial charge in [0.2, 0.25) is 0 Å². The Morgan fingerprint density at radius 1 is 1.47 bits per heavy atom. The van der Waals surface area contributed by atoms with Crippen molar-refractivity contribution in [1.29, 1.82) is 0 Å². The molecule has 0 aromatic carbocycles. The van der Waals surface area contributed by atoms with Crippen molar-refractivity contribution in [3.8, 4) is 0 Å². The molecule has 1 atom stereocenters. The van der Waals surface area contributed by atoms with Crippen LogP contribution in [0.2, 0.25) is 0 Å². The van der Waals surface area contributed by atoms with Gasteiger partial charge < -0.3 is 10.1 Å². The average Bonchev–Trinajstić information content (AvgIpc) is 2.29. The van der Waals surface area contributed by atoms with Crippen LogP contribution in [0.4, 0.5) is 0 Å². The van der Waals surface area contributed by atoms with Crippen molar-refractivity contribution in [3.63, 3.8) is 0 Å². The molecule has 0 saturated heterocycles. The quantitative estimate of drug-likeness (QED) is 0.697. The molecule has 0 bridgehead atoms. The van der Waals surface area contributed by atoms with Gasteiger partial charge in [-0.1, -0.05) is 19.9 Å². The second kappa shape index (κ2) is 7.37. The summed E-state index contributed by atoms with van der Waals surface area (Å²) >= 11 is 0. The first-order valence-electron chi connectivity index (χ1n) is 5.59. The Labute approximate surface area is 91.9 Å². The molecule has 1 aromatic rings. The maximum atomic E-state index is 5.56. The van der Waals surface area contributed by atoms with Crippen molar-refractivity contribution >= 4 is 0 Å². The van der Waals surface area contributed by atoms with Crippen LogP contribution < -0.4 is 5.32 Å². The van der Waals surface area contributed by atoms with Crippen LogP contribution in [0, 0.1) is 0 Å². The van der Waals surface area contributed by atoms with Crippen LogP contribution in [-0.2, 0) is 4.74 Å². The van der Waals surface area contributed by atoms with Crippen LogP contribution in [0.3, 0.4) is 0 Å². The molecular weight excluding hydrogens is 188 g/mol. The first kappa shape index (κ1) is 12.1. The minimum atomic E-state index is 0.259. The third kappa shape index (κ3) is 4.40. The van der Waals surface area contributed by atoms with Crippen LogP contribution in [0.5, 0.6) is 0 Å². The van der Waals surface area contributed by atoms with Crippen molar-refractivity contribution in [2.45, 2.75) is 26.3 Å². The molecule has 1 N–H and O–H groups in total. The van der Waals surface area contributed by atoms with Gasteiger partial charge in [0.15, 0.2) is 0 Å². The number of aromatic nitrogens is 1. The Morgan fingerprint density at radius 2 is 2.33 bits per heavy atom. The zero-order chi connectivity index (χ0) is 10.9. The van der Waals surface area contributed by atoms with Crippen molar-refractivity contribution < 1.29 is 4.74 Å². The van der Waals surface area contributed by atoms with Gasteiger partial charge in [0.1, 0.15) is 0 Å². The van der Waals surface area contributed by atoms with Crippen LogP contribution >= 0.6 is 0 Å². The van der Waals surface area contributed by atoms with Gasteiger partial charge in [-0.3, -0.25) is 4.98 Å². The summed E-state index contributed by atoms with van der Waals surface area (Å²) in [5, 5.41) is 3.39. The zero-order valence-electron chi connectivity index (χ0n) is 9.57. The average molecular weight is 208 g/mol. The lowest BCUT2D eigenvalue weighted by Crippen LogP contribution is -2.25. The molecule has 3 heteroatoms. The highest BCUT2D eigenvalue weighted by atomic mass is 16.5. The van der Waals surface area contributed by atoms with E-state index < -0.39 is 0 Å². The van der Waals surface area contributed by atoms with E-state index in [2.05, 4.69) is 30.2 Å². The summed E-state index contributed by atoms with van der Waals surface area (Å²) < 4.78 is 5.56. The molecule has 1 rings (SSSR count). The summed E-state index contributed by atoms with van der Waals surface area (Å²) in [5.41, 5.74) is 1.19. The molecule has 3 nitrogen and oxygen atoms in total. The van der Waals surface area contributed by atoms with E-state index in [0.29, 0.717) is 6.61 Å². The first-order chi connectivity index (χ1) is 7.38. The van der Waals surface area contributed by atoms with Gasteiger partial charge in [-0.05, 0) is 24.6 Å². The molecule has 1 heterocycles. The van der Waals surface area contributed by atoms with E-state index in [1.54, 1.807) is 6.20 Å². The van der Waals surface area contributed by atoms with E-state index in [-0.39, 0.29) is 6.04 Å². The molecule has 0 spiro atoms. The Kier molecular flexibility index (Phi) is 5.97. The third-order valence-corrected chi connectivity index (χ3v) is 2.17. The van der Waals surface area contributed by atoms with Crippen LogP contribution in [0.1, 0.15) is 31.9 Å². The Bertz CT molecular complexity index is 251. The van der Waals surface area contributed by atoms with Gasteiger partial charge in [-0.15, -0.1) is 0 Å². The number of likely N-dealkylation sites (N-methyl/N-ethyl adjacent to an activating group) is 1. The second-order valence-corrected chi connectivity index (χ2v) is 3.47. The Hall–Kier alpha value is -0.930. The molecule has 15 heavy (non-hydrogen) atoms. The molecule has 1 unspecified atom stereocenters. The topological polar surface area (TPSA) is 34.1 Å². The van der Waals surface area contributed by atoms with E-state index in [0.717, 1.165) is 19.6 Å². The van der Waals surface area contributed by atoms with Crippen molar-refractivity contribution in [2.24, 2.45) is 0 Å². The van der Waals surface area contributed by atoms with Crippen molar-refractivity contribution in [2.75, 3.05) is 19.8 Å². The van der Waals surface area contributed by atoms with E-state index >= 15 is 0 Å². The summed E-state index contributed by atoms with van der Waals surface area (Å²) in [5.74, 6) is 0. The maximum Gasteiger partial charge on any atom is 0.0662 e. The predicted octanol–water partition coefficient (Wildman–Crippen LogP) is 2.16. The van der Waals surface area contributed by atoms with Gasteiger partial charge in [0, 0.05) is 19.0 Å². The normalized spacial score (nSPS) is 12.7. The smallest absolute Gasteiger partial charge is 0.0662 e. The minimum Gasteiger partial charge on any atom is -0.379 e. The van der Waals surface area contributed by atoms with Gasteiger partial charge >= 0.3 is 0 Å². The van der Waals surface area contributed by atoms with Crippen molar-refractivity contribution in [1.82, 2.24) is 10.3 Å². The van der Waals surface area contributed by atoms with Crippen LogP contribution in [0.25, 0.3) is 0 Å². The number of hydrogen-bond donors (Lipinski definition) is 1. The predicted molar refractivity (Wildman–Crippen MR) is 61.8 cm³/mol. The summed E-state index contributed by atoms with van der Waals surface area (Å²) in [6.07, 6.45) is 4.74. The Balaban J connectivity index is 2.50. The fraction of sp³-hybridized carbons (Fsp3) is 0.583. The van der Waals surface area contributed by atoms with E-state index in [1.165, 1.54) is 5.56 Å². The molecule has 0 radical (unpaired) electrons. The fourth-order valence-electron chi connectivity index (χ4n) is 1.45. The van der Waals surface area contributed by atoms with Gasteiger partial charge in [-0.25, -0.2) is 0 Å². The molecule has 0 amide bonds. The SMILES string of the molecule is CCCOCC(NCC)c1cccnc1. The van der Waals surface area contributed by atoms with E-state index in [9.17, 15) is 0 Å². The first-order valence-corrected chi connectivity index (χ1v) is 5.59. The summed E-state index contributed by atoms with van der Waals surface area (Å²) in [6, 6.07) is 4.30. The molecule has 1 aromatic heterocycles. The highest BCUT2D eigenvalue weighted by Crippen LogP contribution is 2.11. The van der Waals surface area contributed by atoms with E-state index in [4.69, 9.17) is 4.74 Å². The lowest BCUT2D eigenvalue weighted by Gasteiger charge is -2.17. The lowest BCUT2D eigenvalue weighted by molar-refractivity contribution is 0.112. The third-order valence-electron chi connectivity index (χ3n) is 2.17. The molecule has 0 aliphatic carbocycles. The maximum absolute atomic E-state index is 5.56. The summed E-state index contributed by atoms with van der Waals surface area (Å²) in [7, 11) is 0. The molecule has 0 aliphatic rings. The summed E-state index contributed by atoms with van der Waals surface area (Å²) in [6.45, 7) is 6.69. The standard InChI is InChI=1S/C12H20N2O/c1-3-8-15-10-12(14-4-2)11-6-5-7-13-9-11/h5-7,9,12,14H,3-4,8,10H2,1-2H3. The number of hydrogen-bond acceptors (Lipinski definition) is 3. The summed E-state index contributed by atoms with van der Waals surface area (Å²) in [4.78, 5) is 4.12. The van der Waals surface area contributed by atoms with Crippen molar-refractivity contribution in [3.05, 3.63) is 30.1 Å². The largest absolute Gasteiger partial charge is 0.379 e. The number of nitrogens with one attached hydrogen (secondary N) is 1.